The Morgan fingerprint density at radius 2 is 1.59 bits per heavy atom. The van der Waals surface area contributed by atoms with Crippen molar-refractivity contribution in [1.29, 1.82) is 0 Å². The van der Waals surface area contributed by atoms with Gasteiger partial charge in [0, 0.05) is 67.0 Å². The van der Waals surface area contributed by atoms with Gasteiger partial charge in [0.25, 0.3) is 0 Å². The Morgan fingerprint density at radius 1 is 0.905 bits per heavy atom. The molecule has 1 fully saturated rings. The molecule has 2 aromatic heterocycles. The van der Waals surface area contributed by atoms with E-state index in [9.17, 15) is 33.9 Å². The molecule has 1 saturated heterocycles. The summed E-state index contributed by atoms with van der Waals surface area (Å²) in [6.07, 6.45) is 3.08. The third-order valence-electron chi connectivity index (χ3n) is 10.1. The number of carbonyl (C=O) groups excluding carboxylic acids is 6. The second-order valence-corrected chi connectivity index (χ2v) is 16.9. The first kappa shape index (κ1) is 45.6. The van der Waals surface area contributed by atoms with Crippen molar-refractivity contribution in [2.75, 3.05) is 42.3 Å². The number of fused-ring (bicyclic) bond motifs is 1. The number of carbonyl (C=O) groups is 6. The van der Waals surface area contributed by atoms with Crippen LogP contribution in [0.4, 0.5) is 21.9 Å². The quantitative estimate of drug-likeness (QED) is 0.0507. The zero-order chi connectivity index (χ0) is 45.1. The molecule has 6 rings (SSSR count). The number of likely N-dealkylation sites (tertiary alicyclic amines) is 1. The van der Waals surface area contributed by atoms with Gasteiger partial charge in [0.2, 0.25) is 29.5 Å². The SMILES string of the molecule is Cc1ncsc1-c1ccc(CNC(=O)[C@@H]2C[C@@H](O)CN2C(=O)[C@@H](NC(=O)COCCNC(=O)/C=C/C(=O)Nc2ccc(NC(=O)Nc3ccc4cc[nH]c4c3)cc2)C(C)(C)C)cc1. The van der Waals surface area contributed by atoms with E-state index in [0.29, 0.717) is 17.1 Å². The van der Waals surface area contributed by atoms with Crippen LogP contribution in [-0.2, 0) is 35.3 Å². The number of nitrogens with one attached hydrogen (secondary N) is 7. The summed E-state index contributed by atoms with van der Waals surface area (Å²) in [5.41, 5.74) is 6.33. The summed E-state index contributed by atoms with van der Waals surface area (Å²) < 4.78 is 5.44. The summed E-state index contributed by atoms with van der Waals surface area (Å²) in [6.45, 7) is 7.03. The molecule has 0 spiro atoms. The van der Waals surface area contributed by atoms with Gasteiger partial charge < -0.3 is 51.6 Å². The van der Waals surface area contributed by atoms with Crippen LogP contribution in [-0.4, -0.2) is 100 Å². The minimum absolute atomic E-state index is 0.0285. The fourth-order valence-corrected chi connectivity index (χ4v) is 7.66. The summed E-state index contributed by atoms with van der Waals surface area (Å²) in [6, 6.07) is 19.2. The van der Waals surface area contributed by atoms with Crippen LogP contribution in [0, 0.1) is 12.3 Å². The van der Waals surface area contributed by atoms with Crippen LogP contribution in [0.15, 0.2) is 96.7 Å². The Balaban J connectivity index is 0.884. The van der Waals surface area contributed by atoms with Gasteiger partial charge in [-0.2, -0.15) is 0 Å². The number of amides is 7. The molecule has 0 bridgehead atoms. The molecule has 1 aliphatic heterocycles. The van der Waals surface area contributed by atoms with E-state index in [1.165, 1.54) is 4.90 Å². The molecule has 5 aromatic rings. The number of hydrogen-bond acceptors (Lipinski definition) is 10. The maximum absolute atomic E-state index is 13.9. The number of ether oxygens (including phenoxy) is 1. The van der Waals surface area contributed by atoms with Gasteiger partial charge >= 0.3 is 6.03 Å². The molecule has 8 N–H and O–H groups in total. The Morgan fingerprint density at radius 3 is 2.29 bits per heavy atom. The first-order valence-electron chi connectivity index (χ1n) is 20.3. The van der Waals surface area contributed by atoms with Crippen molar-refractivity contribution in [1.82, 2.24) is 30.8 Å². The standard InChI is InChI=1S/C45H51N9O8S/c1-27-40(63-26-49-27)30-7-5-28(6-8-30)23-48-42(59)36-22-34(55)24-54(36)43(60)41(45(2,3)4)53-39(58)25-62-20-19-47-37(56)15-16-38(57)50-31-11-13-32(14-12-31)51-44(61)52-33-10-9-29-17-18-46-35(29)21-33/h5-18,21,26,34,36,41,46,55H,19-20,22-25H2,1-4H3,(H,47,56)(H,48,59)(H,50,57)(H,53,58)(H2,51,52,61)/b16-15+/t34-,36+,41-/m1/s1. The second-order valence-electron chi connectivity index (χ2n) is 16.0. The van der Waals surface area contributed by atoms with Crippen LogP contribution >= 0.6 is 11.3 Å². The number of β-amino-alcohol motifs (C(OH)–C–C–N with tert-alkyl or cyclic N) is 1. The van der Waals surface area contributed by atoms with Gasteiger partial charge in [-0.15, -0.1) is 11.3 Å². The van der Waals surface area contributed by atoms with E-state index in [1.807, 2.05) is 55.6 Å². The number of benzene rings is 3. The molecule has 3 heterocycles. The second kappa shape index (κ2) is 20.8. The Kier molecular flexibility index (Phi) is 15.1. The molecule has 0 radical (unpaired) electrons. The van der Waals surface area contributed by atoms with Gasteiger partial charge in [-0.3, -0.25) is 24.0 Å². The fourth-order valence-electron chi connectivity index (χ4n) is 6.84. The number of urea groups is 1. The molecule has 17 nitrogen and oxygen atoms in total. The van der Waals surface area contributed by atoms with Crippen LogP contribution in [0.2, 0.25) is 0 Å². The number of rotatable bonds is 16. The van der Waals surface area contributed by atoms with Gasteiger partial charge in [-0.25, -0.2) is 9.78 Å². The van der Waals surface area contributed by atoms with Crippen LogP contribution in [0.1, 0.15) is 38.4 Å². The highest BCUT2D eigenvalue weighted by Crippen LogP contribution is 2.28. The first-order chi connectivity index (χ1) is 30.1. The molecule has 7 amide bonds. The third kappa shape index (κ3) is 12.8. The largest absolute Gasteiger partial charge is 0.391 e. The first-order valence-corrected chi connectivity index (χ1v) is 21.2. The Hall–Kier alpha value is -6.89. The summed E-state index contributed by atoms with van der Waals surface area (Å²) in [4.78, 5) is 87.2. The van der Waals surface area contributed by atoms with Crippen molar-refractivity contribution < 1.29 is 38.6 Å². The number of aliphatic hydroxyl groups excluding tert-OH is 1. The van der Waals surface area contributed by atoms with E-state index < -0.39 is 65.8 Å². The molecule has 18 heteroatoms. The number of anilines is 3. The lowest BCUT2D eigenvalue weighted by Gasteiger charge is -2.35. The monoisotopic (exact) mass is 877 g/mol. The van der Waals surface area contributed by atoms with Crippen LogP contribution in [0.5, 0.6) is 0 Å². The van der Waals surface area contributed by atoms with E-state index in [1.54, 1.807) is 68.0 Å². The number of thiazole rings is 1. The number of nitrogens with zero attached hydrogens (tertiary/aromatic N) is 2. The van der Waals surface area contributed by atoms with E-state index >= 15 is 0 Å². The fraction of sp³-hybridized carbons (Fsp3) is 0.311. The maximum Gasteiger partial charge on any atom is 0.323 e. The topological polar surface area (TPSA) is 236 Å². The van der Waals surface area contributed by atoms with Crippen molar-refractivity contribution in [2.45, 2.75) is 58.8 Å². The number of aryl methyl sites for hydroxylation is 1. The lowest BCUT2D eigenvalue weighted by Crippen LogP contribution is -2.58. The predicted octanol–water partition coefficient (Wildman–Crippen LogP) is 4.68. The van der Waals surface area contributed by atoms with Crippen molar-refractivity contribution in [3.8, 4) is 10.4 Å². The van der Waals surface area contributed by atoms with E-state index in [-0.39, 0.29) is 32.7 Å². The average Bonchev–Trinajstić information content (AvgIpc) is 4.01. The number of aromatic nitrogens is 2. The number of hydrogen-bond donors (Lipinski definition) is 8. The zero-order valence-electron chi connectivity index (χ0n) is 35.3. The molecule has 3 atom stereocenters. The van der Waals surface area contributed by atoms with Gasteiger partial charge in [-0.05, 0) is 71.3 Å². The van der Waals surface area contributed by atoms with Crippen LogP contribution in [0.25, 0.3) is 21.3 Å². The summed E-state index contributed by atoms with van der Waals surface area (Å²) in [7, 11) is 0. The Bertz CT molecular complexity index is 2460. The molecule has 63 heavy (non-hydrogen) atoms. The van der Waals surface area contributed by atoms with Crippen LogP contribution in [0.3, 0.4) is 0 Å². The smallest absolute Gasteiger partial charge is 0.323 e. The van der Waals surface area contributed by atoms with E-state index in [4.69, 9.17) is 4.74 Å². The third-order valence-corrected chi connectivity index (χ3v) is 11.1. The Labute approximate surface area is 368 Å². The van der Waals surface area contributed by atoms with Crippen molar-refractivity contribution >= 4 is 74.9 Å². The lowest BCUT2D eigenvalue weighted by atomic mass is 9.85. The molecule has 3 aromatic carbocycles. The molecular weight excluding hydrogens is 827 g/mol. The number of aromatic amines is 1. The molecular formula is C45H51N9O8S. The molecule has 330 valence electrons. The normalized spacial score (nSPS) is 15.5. The van der Waals surface area contributed by atoms with Gasteiger partial charge in [-0.1, -0.05) is 51.1 Å². The van der Waals surface area contributed by atoms with Crippen molar-refractivity contribution in [3.63, 3.8) is 0 Å². The van der Waals surface area contributed by atoms with Gasteiger partial charge in [0.05, 0.1) is 28.8 Å². The highest BCUT2D eigenvalue weighted by Gasteiger charge is 2.44. The van der Waals surface area contributed by atoms with Gasteiger partial charge in [0.15, 0.2) is 0 Å². The molecule has 0 saturated carbocycles. The summed E-state index contributed by atoms with van der Waals surface area (Å²) in [5, 5.41) is 27.8. The predicted molar refractivity (Wildman–Crippen MR) is 241 cm³/mol. The van der Waals surface area contributed by atoms with Crippen molar-refractivity contribution in [3.05, 3.63) is 108 Å². The number of aliphatic hydroxyl groups is 1. The zero-order valence-corrected chi connectivity index (χ0v) is 36.1. The average molecular weight is 878 g/mol. The van der Waals surface area contributed by atoms with Crippen molar-refractivity contribution in [2.24, 2.45) is 5.41 Å². The highest BCUT2D eigenvalue weighted by atomic mass is 32.1. The molecule has 1 aliphatic rings. The maximum atomic E-state index is 13.9. The summed E-state index contributed by atoms with van der Waals surface area (Å²) in [5.74, 6) is -2.62. The molecule has 0 unspecified atom stereocenters. The lowest BCUT2D eigenvalue weighted by molar-refractivity contribution is -0.144. The number of H-pyrrole nitrogens is 1. The molecule has 0 aliphatic carbocycles. The van der Waals surface area contributed by atoms with E-state index in [0.717, 1.165) is 44.8 Å². The highest BCUT2D eigenvalue weighted by molar-refractivity contribution is 7.13. The summed E-state index contributed by atoms with van der Waals surface area (Å²) >= 11 is 1.55. The van der Waals surface area contributed by atoms with Gasteiger partial charge in [0.1, 0.15) is 18.7 Å². The van der Waals surface area contributed by atoms with E-state index in [2.05, 4.69) is 41.9 Å². The minimum atomic E-state index is -1.04. The van der Waals surface area contributed by atoms with Crippen LogP contribution < -0.4 is 31.9 Å². The minimum Gasteiger partial charge on any atom is -0.391 e.